The Kier molecular flexibility index (Phi) is 3.91. The molecule has 0 aliphatic heterocycles. The largest absolute Gasteiger partial charge is 0.481 e. The molecule has 5 nitrogen and oxygen atoms in total. The number of nitrogens with two attached hydrogens (primary N) is 1. The maximum Gasteiger partial charge on any atom is 0.323 e. The van der Waals surface area contributed by atoms with E-state index in [0.29, 0.717) is 18.8 Å². The molecular weight excluding hydrogens is 210 g/mol. The molecule has 1 aliphatic carbocycles. The molecule has 1 unspecified atom stereocenters. The molecule has 0 bridgehead atoms. The van der Waals surface area contributed by atoms with Gasteiger partial charge < -0.3 is 15.6 Å². The number of aliphatic carboxylic acids is 1. The van der Waals surface area contributed by atoms with Gasteiger partial charge >= 0.3 is 11.9 Å². The number of ether oxygens (including phenoxy) is 1. The van der Waals surface area contributed by atoms with Gasteiger partial charge in [0.2, 0.25) is 0 Å². The van der Waals surface area contributed by atoms with Crippen molar-refractivity contribution in [3.63, 3.8) is 0 Å². The second-order valence-corrected chi connectivity index (χ2v) is 4.78. The third-order valence-electron chi connectivity index (χ3n) is 3.51. The first-order valence-corrected chi connectivity index (χ1v) is 5.46. The van der Waals surface area contributed by atoms with Crippen LogP contribution in [-0.4, -0.2) is 30.2 Å². The molecule has 0 aromatic carbocycles. The molecule has 5 heteroatoms. The van der Waals surface area contributed by atoms with Gasteiger partial charge in [-0.3, -0.25) is 9.59 Å². The molecular formula is C11H19NO4. The van der Waals surface area contributed by atoms with Gasteiger partial charge in [-0.05, 0) is 18.8 Å². The van der Waals surface area contributed by atoms with Gasteiger partial charge in [-0.1, -0.05) is 13.3 Å². The minimum Gasteiger partial charge on any atom is -0.481 e. The summed E-state index contributed by atoms with van der Waals surface area (Å²) in [5, 5.41) is 8.92. The van der Waals surface area contributed by atoms with Gasteiger partial charge in [-0.2, -0.15) is 0 Å². The summed E-state index contributed by atoms with van der Waals surface area (Å²) >= 11 is 0. The van der Waals surface area contributed by atoms with E-state index in [1.54, 1.807) is 0 Å². The van der Waals surface area contributed by atoms with Crippen LogP contribution in [0.3, 0.4) is 0 Å². The van der Waals surface area contributed by atoms with Gasteiger partial charge in [0, 0.05) is 5.41 Å². The first-order chi connectivity index (χ1) is 7.41. The lowest BCUT2D eigenvalue weighted by Crippen LogP contribution is -2.47. The minimum absolute atomic E-state index is 0.0619. The summed E-state index contributed by atoms with van der Waals surface area (Å²) in [5.74, 6) is -1.01. The van der Waals surface area contributed by atoms with E-state index in [1.165, 1.54) is 7.11 Å². The summed E-state index contributed by atoms with van der Waals surface area (Å²) in [7, 11) is 1.27. The number of carboxylic acid groups (broad SMARTS) is 1. The van der Waals surface area contributed by atoms with Crippen molar-refractivity contribution in [3.05, 3.63) is 0 Å². The monoisotopic (exact) mass is 229 g/mol. The van der Waals surface area contributed by atoms with Crippen molar-refractivity contribution in [1.29, 1.82) is 0 Å². The Labute approximate surface area is 95.0 Å². The fourth-order valence-corrected chi connectivity index (χ4v) is 2.66. The molecule has 0 radical (unpaired) electrons. The van der Waals surface area contributed by atoms with Crippen molar-refractivity contribution in [3.8, 4) is 0 Å². The van der Waals surface area contributed by atoms with E-state index < -0.39 is 23.4 Å². The molecule has 0 amide bonds. The Hall–Kier alpha value is -1.10. The number of carbonyl (C=O) groups excluding carboxylic acids is 1. The lowest BCUT2D eigenvalue weighted by atomic mass is 9.75. The Balaban J connectivity index is 2.87. The second-order valence-electron chi connectivity index (χ2n) is 4.78. The van der Waals surface area contributed by atoms with E-state index in [4.69, 9.17) is 10.8 Å². The van der Waals surface area contributed by atoms with Gasteiger partial charge in [-0.15, -0.1) is 0 Å². The lowest BCUT2D eigenvalue weighted by molar-refractivity contribution is -0.148. The van der Waals surface area contributed by atoms with Crippen LogP contribution in [-0.2, 0) is 14.3 Å². The van der Waals surface area contributed by atoms with Crippen LogP contribution in [0.4, 0.5) is 0 Å². The first-order valence-electron chi connectivity index (χ1n) is 5.46. The van der Waals surface area contributed by atoms with E-state index in [-0.39, 0.29) is 6.42 Å². The summed E-state index contributed by atoms with van der Waals surface area (Å²) in [6.07, 6.45) is 2.21. The maximum atomic E-state index is 11.5. The SMILES string of the molecule is COC(=O)C(N)[C@@]1(CC(=O)O)CC[C@@H](C)C1. The summed E-state index contributed by atoms with van der Waals surface area (Å²) in [6.45, 7) is 2.05. The number of methoxy groups -OCH3 is 1. The van der Waals surface area contributed by atoms with E-state index in [0.717, 1.165) is 6.42 Å². The minimum atomic E-state index is -0.909. The number of hydrogen-bond acceptors (Lipinski definition) is 4. The standard InChI is InChI=1S/C11H19NO4/c1-7-3-4-11(5-7,6-8(13)14)9(12)10(15)16-2/h7,9H,3-6,12H2,1-2H3,(H,13,14)/t7-,9?,11+/m1/s1. The van der Waals surface area contributed by atoms with Gasteiger partial charge in [0.05, 0.1) is 13.5 Å². The van der Waals surface area contributed by atoms with Gasteiger partial charge in [0.15, 0.2) is 0 Å². The molecule has 1 saturated carbocycles. The van der Waals surface area contributed by atoms with Crippen LogP contribution in [0, 0.1) is 11.3 Å². The topological polar surface area (TPSA) is 89.6 Å². The molecule has 0 spiro atoms. The van der Waals surface area contributed by atoms with E-state index >= 15 is 0 Å². The Morgan fingerprint density at radius 3 is 2.62 bits per heavy atom. The first kappa shape index (κ1) is 13.0. The average molecular weight is 229 g/mol. The van der Waals surface area contributed by atoms with E-state index in [2.05, 4.69) is 4.74 Å². The van der Waals surface area contributed by atoms with Crippen molar-refractivity contribution in [2.75, 3.05) is 7.11 Å². The number of rotatable bonds is 4. The van der Waals surface area contributed by atoms with Gasteiger partial charge in [-0.25, -0.2) is 0 Å². The Morgan fingerprint density at radius 1 is 1.62 bits per heavy atom. The predicted molar refractivity (Wildman–Crippen MR) is 57.7 cm³/mol. The highest BCUT2D eigenvalue weighted by Gasteiger charge is 2.47. The summed E-state index contributed by atoms with van der Waals surface area (Å²) in [6, 6.07) is -0.835. The molecule has 0 heterocycles. The maximum absolute atomic E-state index is 11.5. The fraction of sp³-hybridized carbons (Fsp3) is 0.818. The normalized spacial score (nSPS) is 31.1. The number of carbonyl (C=O) groups is 2. The van der Waals surface area contributed by atoms with Crippen molar-refractivity contribution in [1.82, 2.24) is 0 Å². The van der Waals surface area contributed by atoms with E-state index in [1.807, 2.05) is 6.92 Å². The second kappa shape index (κ2) is 4.82. The third-order valence-corrected chi connectivity index (χ3v) is 3.51. The summed E-state index contributed by atoms with van der Waals surface area (Å²) in [5.41, 5.74) is 5.21. The van der Waals surface area contributed by atoms with E-state index in [9.17, 15) is 9.59 Å². The van der Waals surface area contributed by atoms with Crippen LogP contribution in [0.25, 0.3) is 0 Å². The Morgan fingerprint density at radius 2 is 2.25 bits per heavy atom. The van der Waals surface area contributed by atoms with Crippen LogP contribution in [0.15, 0.2) is 0 Å². The van der Waals surface area contributed by atoms with Crippen LogP contribution in [0.2, 0.25) is 0 Å². The van der Waals surface area contributed by atoms with Gasteiger partial charge in [0.25, 0.3) is 0 Å². The zero-order valence-corrected chi connectivity index (χ0v) is 9.73. The molecule has 0 aromatic heterocycles. The molecule has 16 heavy (non-hydrogen) atoms. The number of carboxylic acids is 1. The van der Waals surface area contributed by atoms with Crippen molar-refractivity contribution >= 4 is 11.9 Å². The van der Waals surface area contributed by atoms with Crippen LogP contribution in [0.1, 0.15) is 32.6 Å². The lowest BCUT2D eigenvalue weighted by Gasteiger charge is -2.32. The average Bonchev–Trinajstić information content (AvgIpc) is 2.58. The highest BCUT2D eigenvalue weighted by Crippen LogP contribution is 2.46. The van der Waals surface area contributed by atoms with Gasteiger partial charge in [0.1, 0.15) is 6.04 Å². The molecule has 1 rings (SSSR count). The molecule has 3 N–H and O–H groups in total. The van der Waals surface area contributed by atoms with Crippen LogP contribution in [0.5, 0.6) is 0 Å². The number of hydrogen-bond donors (Lipinski definition) is 2. The quantitative estimate of drug-likeness (QED) is 0.695. The molecule has 3 atom stereocenters. The van der Waals surface area contributed by atoms with Crippen molar-refractivity contribution in [2.24, 2.45) is 17.1 Å². The molecule has 0 aromatic rings. The molecule has 0 saturated heterocycles. The van der Waals surface area contributed by atoms with Crippen molar-refractivity contribution < 1.29 is 19.4 Å². The third kappa shape index (κ3) is 2.52. The zero-order chi connectivity index (χ0) is 12.3. The molecule has 92 valence electrons. The predicted octanol–water partition coefficient (Wildman–Crippen LogP) is 0.768. The smallest absolute Gasteiger partial charge is 0.323 e. The highest BCUT2D eigenvalue weighted by molar-refractivity contribution is 5.78. The van der Waals surface area contributed by atoms with Crippen molar-refractivity contribution in [2.45, 2.75) is 38.6 Å². The van der Waals surface area contributed by atoms with Crippen LogP contribution >= 0.6 is 0 Å². The zero-order valence-electron chi connectivity index (χ0n) is 9.73. The number of esters is 1. The molecule has 1 aliphatic rings. The fourth-order valence-electron chi connectivity index (χ4n) is 2.66. The summed E-state index contributed by atoms with van der Waals surface area (Å²) in [4.78, 5) is 22.3. The Bertz CT molecular complexity index is 292. The summed E-state index contributed by atoms with van der Waals surface area (Å²) < 4.78 is 4.61. The molecule has 1 fully saturated rings. The van der Waals surface area contributed by atoms with Crippen LogP contribution < -0.4 is 5.73 Å². The highest BCUT2D eigenvalue weighted by atomic mass is 16.5.